The summed E-state index contributed by atoms with van der Waals surface area (Å²) in [5.41, 5.74) is 2.28. The molecule has 120 valence electrons. The largest absolute Gasteiger partial charge is 0.354 e. The third-order valence-corrected chi connectivity index (χ3v) is 4.45. The van der Waals surface area contributed by atoms with E-state index in [2.05, 4.69) is 47.2 Å². The number of aromatic nitrogens is 2. The van der Waals surface area contributed by atoms with Crippen molar-refractivity contribution in [1.29, 1.82) is 0 Å². The summed E-state index contributed by atoms with van der Waals surface area (Å²) in [4.78, 5) is 19.7. The number of hydrogen-bond donors (Lipinski definition) is 1. The van der Waals surface area contributed by atoms with Crippen LogP contribution >= 0.6 is 11.3 Å². The molecule has 0 atom stereocenters. The van der Waals surface area contributed by atoms with Gasteiger partial charge in [0.2, 0.25) is 5.91 Å². The molecule has 0 aromatic carbocycles. The number of rotatable bonds is 7. The Kier molecular flexibility index (Phi) is 5.74. The summed E-state index contributed by atoms with van der Waals surface area (Å²) in [7, 11) is 1.95. The van der Waals surface area contributed by atoms with Crippen molar-refractivity contribution in [3.63, 3.8) is 0 Å². The van der Waals surface area contributed by atoms with E-state index in [1.54, 1.807) is 0 Å². The number of nitrogens with zero attached hydrogens (tertiary/aromatic N) is 3. The Labute approximate surface area is 136 Å². The van der Waals surface area contributed by atoms with Crippen molar-refractivity contribution in [1.82, 2.24) is 14.5 Å². The first-order chi connectivity index (χ1) is 10.5. The molecule has 2 rings (SSSR count). The zero-order valence-corrected chi connectivity index (χ0v) is 14.5. The minimum Gasteiger partial charge on any atom is -0.354 e. The molecule has 2 aromatic rings. The maximum atomic E-state index is 12.1. The molecule has 0 unspecified atom stereocenters. The van der Waals surface area contributed by atoms with Crippen LogP contribution in [0.3, 0.4) is 0 Å². The SMILES string of the molecule is CCc1nc(NC(=O)CN(C)Cc2ccn(CC)c2)sc1C. The van der Waals surface area contributed by atoms with Crippen LogP contribution in [0.2, 0.25) is 0 Å². The van der Waals surface area contributed by atoms with E-state index in [1.807, 2.05) is 18.9 Å². The van der Waals surface area contributed by atoms with Crippen LogP contribution in [-0.2, 0) is 24.3 Å². The Bertz CT molecular complexity index is 632. The molecule has 6 heteroatoms. The number of aryl methyl sites for hydroxylation is 3. The fourth-order valence-corrected chi connectivity index (χ4v) is 3.28. The molecule has 0 spiro atoms. The van der Waals surface area contributed by atoms with E-state index in [1.165, 1.54) is 21.8 Å². The van der Waals surface area contributed by atoms with Crippen LogP contribution < -0.4 is 5.32 Å². The second-order valence-corrected chi connectivity index (χ2v) is 6.65. The minimum absolute atomic E-state index is 0.0196. The summed E-state index contributed by atoms with van der Waals surface area (Å²) in [6, 6.07) is 2.09. The predicted molar refractivity (Wildman–Crippen MR) is 91.3 cm³/mol. The third-order valence-electron chi connectivity index (χ3n) is 3.52. The molecule has 1 N–H and O–H groups in total. The Morgan fingerprint density at radius 1 is 1.45 bits per heavy atom. The number of carbonyl (C=O) groups is 1. The zero-order chi connectivity index (χ0) is 16.1. The molecular formula is C16H24N4OS. The second kappa shape index (κ2) is 7.56. The highest BCUT2D eigenvalue weighted by Crippen LogP contribution is 2.22. The number of nitrogens with one attached hydrogen (secondary N) is 1. The lowest BCUT2D eigenvalue weighted by atomic mass is 10.3. The second-order valence-electron chi connectivity index (χ2n) is 5.45. The van der Waals surface area contributed by atoms with E-state index >= 15 is 0 Å². The molecule has 2 aromatic heterocycles. The molecule has 1 amide bonds. The van der Waals surface area contributed by atoms with Gasteiger partial charge in [-0.25, -0.2) is 4.98 Å². The maximum absolute atomic E-state index is 12.1. The lowest BCUT2D eigenvalue weighted by Gasteiger charge is -2.14. The Hall–Kier alpha value is -1.66. The normalized spacial score (nSPS) is 11.1. The standard InChI is InChI=1S/C16H24N4OS/c1-5-14-12(3)22-16(17-14)18-15(21)11-19(4)9-13-7-8-20(6-2)10-13/h7-8,10H,5-6,9,11H2,1-4H3,(H,17,18,21). The number of thiazole rings is 1. The fraction of sp³-hybridized carbons (Fsp3) is 0.500. The summed E-state index contributed by atoms with van der Waals surface area (Å²) in [5, 5.41) is 3.59. The van der Waals surface area contributed by atoms with Crippen LogP contribution in [0.15, 0.2) is 18.5 Å². The predicted octanol–water partition coefficient (Wildman–Crippen LogP) is 2.91. The van der Waals surface area contributed by atoms with Crippen molar-refractivity contribution in [2.24, 2.45) is 0 Å². The highest BCUT2D eigenvalue weighted by Gasteiger charge is 2.11. The number of likely N-dealkylation sites (N-methyl/N-ethyl adjacent to an activating group) is 1. The van der Waals surface area contributed by atoms with Crippen molar-refractivity contribution in [2.45, 2.75) is 40.3 Å². The van der Waals surface area contributed by atoms with Crippen LogP contribution in [0.25, 0.3) is 0 Å². The maximum Gasteiger partial charge on any atom is 0.240 e. The number of amides is 1. The van der Waals surface area contributed by atoms with Gasteiger partial charge in [0.25, 0.3) is 0 Å². The highest BCUT2D eigenvalue weighted by atomic mass is 32.1. The first kappa shape index (κ1) is 16.7. The summed E-state index contributed by atoms with van der Waals surface area (Å²) in [5.74, 6) is -0.0196. The van der Waals surface area contributed by atoms with Crippen molar-refractivity contribution in [2.75, 3.05) is 18.9 Å². The van der Waals surface area contributed by atoms with Gasteiger partial charge in [-0.05, 0) is 38.9 Å². The minimum atomic E-state index is -0.0196. The van der Waals surface area contributed by atoms with Gasteiger partial charge in [0.1, 0.15) is 0 Å². The molecule has 0 aliphatic rings. The summed E-state index contributed by atoms with van der Waals surface area (Å²) < 4.78 is 2.13. The molecule has 5 nitrogen and oxygen atoms in total. The molecule has 0 fully saturated rings. The van der Waals surface area contributed by atoms with Gasteiger partial charge in [0.15, 0.2) is 5.13 Å². The van der Waals surface area contributed by atoms with Gasteiger partial charge in [-0.15, -0.1) is 11.3 Å². The smallest absolute Gasteiger partial charge is 0.240 e. The van der Waals surface area contributed by atoms with E-state index in [4.69, 9.17) is 0 Å². The molecule has 0 radical (unpaired) electrons. The lowest BCUT2D eigenvalue weighted by Crippen LogP contribution is -2.29. The summed E-state index contributed by atoms with van der Waals surface area (Å²) in [6.07, 6.45) is 5.08. The van der Waals surface area contributed by atoms with Crippen LogP contribution in [0.1, 0.15) is 30.0 Å². The molecule has 0 saturated carbocycles. The quantitative estimate of drug-likeness (QED) is 0.853. The Balaban J connectivity index is 1.85. The lowest BCUT2D eigenvalue weighted by molar-refractivity contribution is -0.117. The monoisotopic (exact) mass is 320 g/mol. The Morgan fingerprint density at radius 2 is 2.23 bits per heavy atom. The molecule has 0 aliphatic heterocycles. The molecular weight excluding hydrogens is 296 g/mol. The van der Waals surface area contributed by atoms with Crippen molar-refractivity contribution in [3.05, 3.63) is 34.6 Å². The highest BCUT2D eigenvalue weighted by molar-refractivity contribution is 7.15. The molecule has 0 bridgehead atoms. The van der Waals surface area contributed by atoms with Crippen LogP contribution in [0.5, 0.6) is 0 Å². The third kappa shape index (κ3) is 4.42. The van der Waals surface area contributed by atoms with Gasteiger partial charge in [-0.1, -0.05) is 6.92 Å². The Morgan fingerprint density at radius 3 is 2.82 bits per heavy atom. The van der Waals surface area contributed by atoms with Gasteiger partial charge < -0.3 is 9.88 Å². The van der Waals surface area contributed by atoms with Crippen LogP contribution in [0.4, 0.5) is 5.13 Å². The van der Waals surface area contributed by atoms with E-state index in [0.29, 0.717) is 11.7 Å². The summed E-state index contributed by atoms with van der Waals surface area (Å²) in [6.45, 7) is 8.31. The topological polar surface area (TPSA) is 50.2 Å². The zero-order valence-electron chi connectivity index (χ0n) is 13.7. The number of carbonyl (C=O) groups excluding carboxylic acids is 1. The molecule has 22 heavy (non-hydrogen) atoms. The average Bonchev–Trinajstić information content (AvgIpc) is 3.04. The first-order valence-electron chi connectivity index (χ1n) is 7.61. The van der Waals surface area contributed by atoms with Crippen molar-refractivity contribution >= 4 is 22.4 Å². The number of hydrogen-bond acceptors (Lipinski definition) is 4. The summed E-state index contributed by atoms with van der Waals surface area (Å²) >= 11 is 1.54. The van der Waals surface area contributed by atoms with E-state index < -0.39 is 0 Å². The van der Waals surface area contributed by atoms with E-state index in [-0.39, 0.29) is 5.91 Å². The van der Waals surface area contributed by atoms with Gasteiger partial charge in [0.05, 0.1) is 12.2 Å². The average molecular weight is 320 g/mol. The van der Waals surface area contributed by atoms with E-state index in [9.17, 15) is 4.79 Å². The van der Waals surface area contributed by atoms with Crippen LogP contribution in [0, 0.1) is 6.92 Å². The van der Waals surface area contributed by atoms with Crippen molar-refractivity contribution in [3.8, 4) is 0 Å². The molecule has 2 heterocycles. The first-order valence-corrected chi connectivity index (χ1v) is 8.42. The van der Waals surface area contributed by atoms with Gasteiger partial charge in [0, 0.05) is 30.4 Å². The van der Waals surface area contributed by atoms with Crippen LogP contribution in [-0.4, -0.2) is 34.0 Å². The van der Waals surface area contributed by atoms with E-state index in [0.717, 1.165) is 25.2 Å². The fourth-order valence-electron chi connectivity index (χ4n) is 2.36. The molecule has 0 aliphatic carbocycles. The van der Waals surface area contributed by atoms with Crippen molar-refractivity contribution < 1.29 is 4.79 Å². The number of anilines is 1. The molecule has 0 saturated heterocycles. The van der Waals surface area contributed by atoms with Gasteiger partial charge in [-0.2, -0.15) is 0 Å². The van der Waals surface area contributed by atoms with Gasteiger partial charge >= 0.3 is 0 Å². The van der Waals surface area contributed by atoms with Gasteiger partial charge in [-0.3, -0.25) is 9.69 Å².